The van der Waals surface area contributed by atoms with Crippen molar-refractivity contribution in [2.45, 2.75) is 6.61 Å². The molecular formula is C9H11LiN2O2. The molecule has 0 fully saturated rings. The normalized spacial score (nSPS) is 9.86. The predicted molar refractivity (Wildman–Crippen MR) is 48.8 cm³/mol. The van der Waals surface area contributed by atoms with E-state index < -0.39 is 0 Å². The van der Waals surface area contributed by atoms with Crippen molar-refractivity contribution in [1.82, 2.24) is 9.38 Å². The number of aliphatic hydroxyl groups excluding tert-OH is 1. The molecule has 0 amide bonds. The molecule has 2 heterocycles. The number of hydrogen-bond acceptors (Lipinski definition) is 3. The second kappa shape index (κ2) is 4.51. The van der Waals surface area contributed by atoms with Crippen LogP contribution in [0.5, 0.6) is 5.88 Å². The standard InChI is InChI=1S/C9H10N2O2.Li.H/c1-13-9-4-2-3-8-10-7(6-12)5-11(8)9;;/h2-5,12H,6H2,1H3;;/q;+1;-1. The van der Waals surface area contributed by atoms with E-state index in [9.17, 15) is 0 Å². The summed E-state index contributed by atoms with van der Waals surface area (Å²) in [5.41, 5.74) is 1.42. The zero-order chi connectivity index (χ0) is 9.26. The van der Waals surface area contributed by atoms with Gasteiger partial charge in [-0.1, -0.05) is 6.07 Å². The van der Waals surface area contributed by atoms with Crippen molar-refractivity contribution in [2.24, 2.45) is 0 Å². The molecule has 0 aromatic carbocycles. The third-order valence-electron chi connectivity index (χ3n) is 1.88. The first kappa shape index (κ1) is 11.1. The molecule has 0 aliphatic rings. The Bertz CT molecular complexity index is 433. The molecule has 0 aliphatic heterocycles. The summed E-state index contributed by atoms with van der Waals surface area (Å²) in [7, 11) is 1.60. The number of methoxy groups -OCH3 is 1. The first-order chi connectivity index (χ1) is 6.35. The van der Waals surface area contributed by atoms with Crippen molar-refractivity contribution in [1.29, 1.82) is 0 Å². The van der Waals surface area contributed by atoms with E-state index in [0.29, 0.717) is 11.6 Å². The third-order valence-corrected chi connectivity index (χ3v) is 1.88. The van der Waals surface area contributed by atoms with Crippen molar-refractivity contribution < 1.29 is 30.1 Å². The average molecular weight is 186 g/mol. The smallest absolute Gasteiger partial charge is 1.00 e. The topological polar surface area (TPSA) is 46.8 Å². The first-order valence-corrected chi connectivity index (χ1v) is 3.97. The average Bonchev–Trinajstić information content (AvgIpc) is 2.59. The Morgan fingerprint density at radius 1 is 1.57 bits per heavy atom. The predicted octanol–water partition coefficient (Wildman–Crippen LogP) is -2.05. The van der Waals surface area contributed by atoms with Gasteiger partial charge in [0, 0.05) is 6.20 Å². The van der Waals surface area contributed by atoms with Gasteiger partial charge in [-0.25, -0.2) is 4.98 Å². The van der Waals surface area contributed by atoms with Gasteiger partial charge in [-0.05, 0) is 12.1 Å². The minimum absolute atomic E-state index is 0. The minimum Gasteiger partial charge on any atom is -1.00 e. The van der Waals surface area contributed by atoms with Gasteiger partial charge in [0.05, 0.1) is 19.4 Å². The van der Waals surface area contributed by atoms with Crippen LogP contribution in [0.3, 0.4) is 0 Å². The van der Waals surface area contributed by atoms with Crippen LogP contribution in [0.1, 0.15) is 7.12 Å². The number of nitrogens with zero attached hydrogens (tertiary/aromatic N) is 2. The maximum atomic E-state index is 8.89. The third kappa shape index (κ3) is 1.78. The molecule has 1 N–H and O–H groups in total. The van der Waals surface area contributed by atoms with Crippen LogP contribution in [0.2, 0.25) is 0 Å². The summed E-state index contributed by atoms with van der Waals surface area (Å²) in [5.74, 6) is 0.713. The molecule has 2 aromatic heterocycles. The largest absolute Gasteiger partial charge is 1.00 e. The molecule has 5 heteroatoms. The maximum Gasteiger partial charge on any atom is 1.00 e. The molecule has 0 saturated carbocycles. The second-order valence-corrected chi connectivity index (χ2v) is 2.69. The van der Waals surface area contributed by atoms with E-state index in [1.54, 1.807) is 17.7 Å². The molecule has 70 valence electrons. The van der Waals surface area contributed by atoms with Crippen molar-refractivity contribution in [3.8, 4) is 5.88 Å². The van der Waals surface area contributed by atoms with Gasteiger partial charge < -0.3 is 11.3 Å². The van der Waals surface area contributed by atoms with Crippen LogP contribution in [0.25, 0.3) is 5.65 Å². The van der Waals surface area contributed by atoms with Crippen LogP contribution in [0.15, 0.2) is 24.4 Å². The van der Waals surface area contributed by atoms with E-state index in [0.717, 1.165) is 5.65 Å². The fourth-order valence-electron chi connectivity index (χ4n) is 1.28. The van der Waals surface area contributed by atoms with E-state index in [1.165, 1.54) is 0 Å². The van der Waals surface area contributed by atoms with Gasteiger partial charge >= 0.3 is 18.9 Å². The van der Waals surface area contributed by atoms with Crippen molar-refractivity contribution in [2.75, 3.05) is 7.11 Å². The van der Waals surface area contributed by atoms with Crippen molar-refractivity contribution >= 4 is 5.65 Å². The number of rotatable bonds is 2. The fraction of sp³-hybridized carbons (Fsp3) is 0.222. The van der Waals surface area contributed by atoms with Gasteiger partial charge in [0.1, 0.15) is 5.65 Å². The van der Waals surface area contributed by atoms with Gasteiger partial charge in [-0.15, -0.1) is 0 Å². The zero-order valence-corrected chi connectivity index (χ0v) is 8.27. The molecule has 4 nitrogen and oxygen atoms in total. The number of pyridine rings is 1. The van der Waals surface area contributed by atoms with Gasteiger partial charge in [-0.3, -0.25) is 4.40 Å². The number of aliphatic hydroxyl groups is 1. The zero-order valence-electron chi connectivity index (χ0n) is 9.27. The summed E-state index contributed by atoms with van der Waals surface area (Å²) in [6.07, 6.45) is 1.76. The molecule has 2 aromatic rings. The number of imidazole rings is 1. The van der Waals surface area contributed by atoms with Crippen LogP contribution in [0, 0.1) is 0 Å². The van der Waals surface area contributed by atoms with E-state index in [-0.39, 0.29) is 26.9 Å². The molecular weight excluding hydrogens is 175 g/mol. The van der Waals surface area contributed by atoms with Crippen molar-refractivity contribution in [3.63, 3.8) is 0 Å². The van der Waals surface area contributed by atoms with E-state index >= 15 is 0 Å². The number of aromatic nitrogens is 2. The number of hydrogen-bond donors (Lipinski definition) is 1. The van der Waals surface area contributed by atoms with Gasteiger partial charge in [0.2, 0.25) is 0 Å². The molecule has 0 spiro atoms. The first-order valence-electron chi connectivity index (χ1n) is 3.97. The molecule has 0 radical (unpaired) electrons. The van der Waals surface area contributed by atoms with Crippen LogP contribution in [-0.4, -0.2) is 21.6 Å². The van der Waals surface area contributed by atoms with E-state index in [2.05, 4.69) is 4.98 Å². The maximum absolute atomic E-state index is 8.89. The second-order valence-electron chi connectivity index (χ2n) is 2.69. The van der Waals surface area contributed by atoms with Crippen LogP contribution in [0.4, 0.5) is 0 Å². The minimum atomic E-state index is -0.0508. The Labute approximate surface area is 95.2 Å². The summed E-state index contributed by atoms with van der Waals surface area (Å²) in [6.45, 7) is -0.0508. The molecule has 0 atom stereocenters. The van der Waals surface area contributed by atoms with E-state index in [4.69, 9.17) is 9.84 Å². The quantitative estimate of drug-likeness (QED) is 0.549. The number of ether oxygens (including phenoxy) is 1. The molecule has 0 aliphatic carbocycles. The Balaban J connectivity index is 0.000000980. The fourth-order valence-corrected chi connectivity index (χ4v) is 1.28. The molecule has 0 saturated heterocycles. The Morgan fingerprint density at radius 2 is 2.36 bits per heavy atom. The molecule has 0 unspecified atom stereocenters. The van der Waals surface area contributed by atoms with Gasteiger partial charge in [0.25, 0.3) is 0 Å². The summed E-state index contributed by atoms with van der Waals surface area (Å²) in [5, 5.41) is 8.89. The summed E-state index contributed by atoms with van der Waals surface area (Å²) >= 11 is 0. The van der Waals surface area contributed by atoms with E-state index in [1.807, 2.05) is 18.2 Å². The SMILES string of the molecule is COc1cccc2nc(CO)cn12.[H-].[Li+]. The van der Waals surface area contributed by atoms with Crippen LogP contribution < -0.4 is 23.6 Å². The summed E-state index contributed by atoms with van der Waals surface area (Å²) < 4.78 is 6.92. The van der Waals surface area contributed by atoms with Crippen LogP contribution in [-0.2, 0) is 6.61 Å². The van der Waals surface area contributed by atoms with Gasteiger partial charge in [0.15, 0.2) is 5.88 Å². The Morgan fingerprint density at radius 3 is 3.00 bits per heavy atom. The van der Waals surface area contributed by atoms with Crippen molar-refractivity contribution in [3.05, 3.63) is 30.1 Å². The van der Waals surface area contributed by atoms with Gasteiger partial charge in [-0.2, -0.15) is 0 Å². The number of fused-ring (bicyclic) bond motifs is 1. The van der Waals surface area contributed by atoms with Crippen LogP contribution >= 0.6 is 0 Å². The molecule has 0 bridgehead atoms. The Kier molecular flexibility index (Phi) is 3.59. The summed E-state index contributed by atoms with van der Waals surface area (Å²) in [6, 6.07) is 5.57. The molecule has 2 rings (SSSR count). The monoisotopic (exact) mass is 186 g/mol. The summed E-state index contributed by atoms with van der Waals surface area (Å²) in [4.78, 5) is 4.17. The Hall–Kier alpha value is -0.953. The molecule has 14 heavy (non-hydrogen) atoms.